The van der Waals surface area contributed by atoms with E-state index in [2.05, 4.69) is 45.2 Å². The van der Waals surface area contributed by atoms with Gasteiger partial charge in [-0.15, -0.1) is 0 Å². The maximum Gasteiger partial charge on any atom is 0.0137 e. The molecular weight excluding hydrogens is 182 g/mol. The molecule has 1 nitrogen and oxygen atoms in total. The first-order valence-corrected chi connectivity index (χ1v) is 6.09. The van der Waals surface area contributed by atoms with Crippen molar-refractivity contribution in [1.82, 2.24) is 5.32 Å². The highest BCUT2D eigenvalue weighted by molar-refractivity contribution is 5.06. The monoisotopic (exact) mass is 207 g/mol. The van der Waals surface area contributed by atoms with Gasteiger partial charge in [-0.25, -0.2) is 0 Å². The average molecular weight is 207 g/mol. The van der Waals surface area contributed by atoms with Gasteiger partial charge in [0.25, 0.3) is 0 Å². The van der Waals surface area contributed by atoms with Crippen molar-refractivity contribution in [2.24, 2.45) is 11.8 Å². The van der Waals surface area contributed by atoms with E-state index >= 15 is 0 Å². The Morgan fingerprint density at radius 3 is 2.87 bits per heavy atom. The molecular formula is C14H25N. The van der Waals surface area contributed by atoms with Crippen molar-refractivity contribution in [3.63, 3.8) is 0 Å². The fourth-order valence-corrected chi connectivity index (χ4v) is 2.41. The lowest BCUT2D eigenvalue weighted by Crippen LogP contribution is -2.26. The van der Waals surface area contributed by atoms with Crippen molar-refractivity contribution in [2.75, 3.05) is 13.1 Å². The van der Waals surface area contributed by atoms with Crippen LogP contribution in [0.1, 0.15) is 40.5 Å². The minimum absolute atomic E-state index is 0.772. The van der Waals surface area contributed by atoms with Gasteiger partial charge in [-0.3, -0.25) is 0 Å². The molecule has 0 aromatic rings. The van der Waals surface area contributed by atoms with Gasteiger partial charge in [0, 0.05) is 6.54 Å². The summed E-state index contributed by atoms with van der Waals surface area (Å²) in [5.74, 6) is 1.62. The van der Waals surface area contributed by atoms with Gasteiger partial charge in [0.05, 0.1) is 0 Å². The summed E-state index contributed by atoms with van der Waals surface area (Å²) in [6, 6.07) is 0. The number of hydrogen-bond acceptors (Lipinski definition) is 1. The van der Waals surface area contributed by atoms with E-state index in [1.807, 2.05) is 0 Å². The Morgan fingerprint density at radius 1 is 1.53 bits per heavy atom. The third kappa shape index (κ3) is 5.17. The smallest absolute Gasteiger partial charge is 0.0137 e. The predicted octanol–water partition coefficient (Wildman–Crippen LogP) is 3.53. The fourth-order valence-electron chi connectivity index (χ4n) is 2.41. The maximum absolute atomic E-state index is 3.52. The Hall–Kier alpha value is -0.560. The number of allylic oxidation sites excluding steroid dienone is 3. The summed E-state index contributed by atoms with van der Waals surface area (Å²) in [5, 5.41) is 3.52. The highest BCUT2D eigenvalue weighted by Crippen LogP contribution is 2.27. The van der Waals surface area contributed by atoms with Crippen LogP contribution >= 0.6 is 0 Å². The van der Waals surface area contributed by atoms with E-state index in [9.17, 15) is 0 Å². The van der Waals surface area contributed by atoms with Crippen LogP contribution in [-0.2, 0) is 0 Å². The van der Waals surface area contributed by atoms with E-state index in [-0.39, 0.29) is 0 Å². The summed E-state index contributed by atoms with van der Waals surface area (Å²) in [4.78, 5) is 0. The van der Waals surface area contributed by atoms with Crippen LogP contribution in [0.3, 0.4) is 0 Å². The molecule has 0 amide bonds. The summed E-state index contributed by atoms with van der Waals surface area (Å²) in [5.41, 5.74) is 2.97. The van der Waals surface area contributed by atoms with Crippen LogP contribution in [0.2, 0.25) is 0 Å². The second kappa shape index (κ2) is 6.12. The maximum atomic E-state index is 3.52. The van der Waals surface area contributed by atoms with Crippen molar-refractivity contribution in [3.05, 3.63) is 23.3 Å². The molecule has 0 fully saturated rings. The van der Waals surface area contributed by atoms with E-state index in [1.165, 1.54) is 25.0 Å². The highest BCUT2D eigenvalue weighted by Gasteiger charge is 2.16. The molecule has 0 aliphatic heterocycles. The van der Waals surface area contributed by atoms with Crippen molar-refractivity contribution in [2.45, 2.75) is 40.5 Å². The molecule has 0 aromatic heterocycles. The lowest BCUT2D eigenvalue weighted by atomic mass is 9.84. The minimum atomic E-state index is 0.772. The topological polar surface area (TPSA) is 12.0 Å². The minimum Gasteiger partial charge on any atom is -0.313 e. The fraction of sp³-hybridized carbons (Fsp3) is 0.714. The molecule has 0 spiro atoms. The van der Waals surface area contributed by atoms with Crippen LogP contribution in [0.5, 0.6) is 0 Å². The van der Waals surface area contributed by atoms with Crippen molar-refractivity contribution < 1.29 is 0 Å². The molecule has 2 atom stereocenters. The third-order valence-electron chi connectivity index (χ3n) is 2.97. The molecule has 86 valence electrons. The molecule has 15 heavy (non-hydrogen) atoms. The second-order valence-corrected chi connectivity index (χ2v) is 5.24. The van der Waals surface area contributed by atoms with Crippen molar-refractivity contribution in [3.8, 4) is 0 Å². The van der Waals surface area contributed by atoms with Crippen LogP contribution in [0, 0.1) is 11.8 Å². The lowest BCUT2D eigenvalue weighted by molar-refractivity contribution is 0.387. The zero-order valence-electron chi connectivity index (χ0n) is 10.6. The van der Waals surface area contributed by atoms with Gasteiger partial charge in [0.15, 0.2) is 0 Å². The number of nitrogens with one attached hydrogen (secondary N) is 1. The average Bonchev–Trinajstić information content (AvgIpc) is 2.10. The largest absolute Gasteiger partial charge is 0.313 e. The second-order valence-electron chi connectivity index (χ2n) is 5.24. The van der Waals surface area contributed by atoms with Gasteiger partial charge >= 0.3 is 0 Å². The summed E-state index contributed by atoms with van der Waals surface area (Å²) in [6.07, 6.45) is 7.31. The molecule has 0 radical (unpaired) electrons. The van der Waals surface area contributed by atoms with Crippen LogP contribution in [0.4, 0.5) is 0 Å². The van der Waals surface area contributed by atoms with Crippen LogP contribution < -0.4 is 5.32 Å². The van der Waals surface area contributed by atoms with Gasteiger partial charge in [0.1, 0.15) is 0 Å². The lowest BCUT2D eigenvalue weighted by Gasteiger charge is -2.25. The number of hydrogen-bond donors (Lipinski definition) is 1. The first-order valence-electron chi connectivity index (χ1n) is 6.09. The molecule has 1 rings (SSSR count). The highest BCUT2D eigenvalue weighted by atomic mass is 14.8. The molecule has 0 saturated heterocycles. The number of rotatable bonds is 4. The van der Waals surface area contributed by atoms with Crippen LogP contribution in [0.25, 0.3) is 0 Å². The SMILES string of the molecule is CC(C)=CCNCC1CC(C)=CC(C)C1. The molecule has 0 bridgehead atoms. The van der Waals surface area contributed by atoms with Gasteiger partial charge in [0.2, 0.25) is 0 Å². The Balaban J connectivity index is 2.23. The van der Waals surface area contributed by atoms with Gasteiger partial charge < -0.3 is 5.32 Å². The summed E-state index contributed by atoms with van der Waals surface area (Å²) in [6.45, 7) is 11.1. The summed E-state index contributed by atoms with van der Waals surface area (Å²) in [7, 11) is 0. The molecule has 1 heteroatoms. The van der Waals surface area contributed by atoms with E-state index in [0.717, 1.165) is 18.4 Å². The van der Waals surface area contributed by atoms with E-state index in [0.29, 0.717) is 0 Å². The van der Waals surface area contributed by atoms with Gasteiger partial charge in [-0.2, -0.15) is 0 Å². The van der Waals surface area contributed by atoms with Crippen LogP contribution in [0.15, 0.2) is 23.3 Å². The van der Waals surface area contributed by atoms with Gasteiger partial charge in [-0.1, -0.05) is 30.2 Å². The first-order chi connectivity index (χ1) is 7.08. The Kier molecular flexibility index (Phi) is 5.10. The van der Waals surface area contributed by atoms with Crippen molar-refractivity contribution in [1.29, 1.82) is 0 Å². The Bertz CT molecular complexity index is 246. The van der Waals surface area contributed by atoms with Crippen LogP contribution in [-0.4, -0.2) is 13.1 Å². The predicted molar refractivity (Wildman–Crippen MR) is 67.9 cm³/mol. The van der Waals surface area contributed by atoms with E-state index in [1.54, 1.807) is 5.57 Å². The molecule has 1 N–H and O–H groups in total. The van der Waals surface area contributed by atoms with Gasteiger partial charge in [-0.05, 0) is 52.0 Å². The third-order valence-corrected chi connectivity index (χ3v) is 2.97. The Labute approximate surface area is 94.6 Å². The molecule has 1 aliphatic rings. The Morgan fingerprint density at radius 2 is 2.27 bits per heavy atom. The summed E-state index contributed by atoms with van der Waals surface area (Å²) < 4.78 is 0. The molecule has 1 aliphatic carbocycles. The quantitative estimate of drug-likeness (QED) is 0.549. The van der Waals surface area contributed by atoms with E-state index < -0.39 is 0 Å². The zero-order chi connectivity index (χ0) is 11.3. The summed E-state index contributed by atoms with van der Waals surface area (Å²) >= 11 is 0. The van der Waals surface area contributed by atoms with Crippen molar-refractivity contribution >= 4 is 0 Å². The van der Waals surface area contributed by atoms with E-state index in [4.69, 9.17) is 0 Å². The molecule has 0 aromatic carbocycles. The molecule has 0 heterocycles. The first kappa shape index (κ1) is 12.5. The standard InChI is InChI=1S/C14H25N/c1-11(2)5-6-15-10-14-8-12(3)7-13(4)9-14/h5,7,12,14-15H,6,8-10H2,1-4H3. The molecule has 2 unspecified atom stereocenters. The molecule has 0 saturated carbocycles. The zero-order valence-corrected chi connectivity index (χ0v) is 10.6. The normalized spacial score (nSPS) is 26.0.